The molecule has 1 aliphatic heterocycles. The predicted octanol–water partition coefficient (Wildman–Crippen LogP) is 2.18. The molecule has 0 aromatic heterocycles. The molecular formula is C13H17NO. The third kappa shape index (κ3) is 2.45. The highest BCUT2D eigenvalue weighted by Gasteiger charge is 2.19. The molecular weight excluding hydrogens is 186 g/mol. The molecule has 1 fully saturated rings. The quantitative estimate of drug-likeness (QED) is 0.763. The van der Waals surface area contributed by atoms with Crippen LogP contribution in [0, 0.1) is 12.8 Å². The topological polar surface area (TPSA) is 29.1 Å². The maximum absolute atomic E-state index is 12.0. The summed E-state index contributed by atoms with van der Waals surface area (Å²) in [6.07, 6.45) is 1.83. The number of hydrogen-bond acceptors (Lipinski definition) is 2. The van der Waals surface area contributed by atoms with Gasteiger partial charge in [-0.1, -0.05) is 24.3 Å². The van der Waals surface area contributed by atoms with Crippen molar-refractivity contribution in [1.82, 2.24) is 5.32 Å². The van der Waals surface area contributed by atoms with E-state index in [0.29, 0.717) is 18.1 Å². The summed E-state index contributed by atoms with van der Waals surface area (Å²) in [5.74, 6) is 0.832. The fourth-order valence-electron chi connectivity index (χ4n) is 2.15. The second-order valence-corrected chi connectivity index (χ2v) is 4.30. The van der Waals surface area contributed by atoms with Gasteiger partial charge in [-0.2, -0.15) is 0 Å². The predicted molar refractivity (Wildman–Crippen MR) is 61.1 cm³/mol. The van der Waals surface area contributed by atoms with Gasteiger partial charge in [0, 0.05) is 12.0 Å². The average molecular weight is 203 g/mol. The monoisotopic (exact) mass is 203 g/mol. The smallest absolute Gasteiger partial charge is 0.163 e. The first-order valence-electron chi connectivity index (χ1n) is 5.57. The standard InChI is InChI=1S/C13H17NO/c1-10-4-2-3-5-12(10)13(15)8-11-6-7-14-9-11/h2-5,11,14H,6-9H2,1H3. The van der Waals surface area contributed by atoms with Crippen LogP contribution in [0.3, 0.4) is 0 Å². The molecule has 1 heterocycles. The van der Waals surface area contributed by atoms with Gasteiger partial charge in [-0.25, -0.2) is 0 Å². The molecule has 2 rings (SSSR count). The van der Waals surface area contributed by atoms with Crippen molar-refractivity contribution in [2.45, 2.75) is 19.8 Å². The molecule has 1 aliphatic rings. The summed E-state index contributed by atoms with van der Waals surface area (Å²) in [5, 5.41) is 3.29. The molecule has 0 saturated carbocycles. The summed E-state index contributed by atoms with van der Waals surface area (Å²) in [6.45, 7) is 4.06. The summed E-state index contributed by atoms with van der Waals surface area (Å²) in [5.41, 5.74) is 1.98. The molecule has 1 aromatic carbocycles. The van der Waals surface area contributed by atoms with Crippen LogP contribution >= 0.6 is 0 Å². The van der Waals surface area contributed by atoms with E-state index in [9.17, 15) is 4.79 Å². The largest absolute Gasteiger partial charge is 0.316 e. The number of nitrogens with one attached hydrogen (secondary N) is 1. The van der Waals surface area contributed by atoms with E-state index in [1.807, 2.05) is 31.2 Å². The Hall–Kier alpha value is -1.15. The van der Waals surface area contributed by atoms with Gasteiger partial charge in [0.25, 0.3) is 0 Å². The zero-order valence-corrected chi connectivity index (χ0v) is 9.12. The molecule has 1 unspecified atom stereocenters. The third-order valence-electron chi connectivity index (χ3n) is 3.08. The minimum absolute atomic E-state index is 0.293. The number of aryl methyl sites for hydroxylation is 1. The van der Waals surface area contributed by atoms with Crippen LogP contribution in [0.15, 0.2) is 24.3 Å². The van der Waals surface area contributed by atoms with Crippen molar-refractivity contribution in [3.63, 3.8) is 0 Å². The van der Waals surface area contributed by atoms with E-state index in [1.165, 1.54) is 0 Å². The second kappa shape index (κ2) is 4.58. The summed E-state index contributed by atoms with van der Waals surface area (Å²) in [4.78, 5) is 12.0. The van der Waals surface area contributed by atoms with Gasteiger partial charge in [0.2, 0.25) is 0 Å². The molecule has 0 bridgehead atoms. The Morgan fingerprint density at radius 1 is 1.47 bits per heavy atom. The zero-order chi connectivity index (χ0) is 10.7. The Morgan fingerprint density at radius 3 is 2.93 bits per heavy atom. The van der Waals surface area contributed by atoms with Crippen LogP contribution in [0.4, 0.5) is 0 Å². The van der Waals surface area contributed by atoms with Crippen molar-refractivity contribution in [2.24, 2.45) is 5.92 Å². The van der Waals surface area contributed by atoms with Crippen LogP contribution in [0.25, 0.3) is 0 Å². The second-order valence-electron chi connectivity index (χ2n) is 4.30. The number of carbonyl (C=O) groups excluding carboxylic acids is 1. The lowest BCUT2D eigenvalue weighted by Crippen LogP contribution is -2.13. The normalized spacial score (nSPS) is 20.5. The highest BCUT2D eigenvalue weighted by Crippen LogP contribution is 2.17. The molecule has 2 heteroatoms. The number of Topliss-reactive ketones (excluding diaryl/α,β-unsaturated/α-hetero) is 1. The van der Waals surface area contributed by atoms with Gasteiger partial charge in [0.15, 0.2) is 5.78 Å². The van der Waals surface area contributed by atoms with Gasteiger partial charge in [-0.3, -0.25) is 4.79 Å². The van der Waals surface area contributed by atoms with E-state index >= 15 is 0 Å². The Kier molecular flexibility index (Phi) is 3.17. The van der Waals surface area contributed by atoms with Crippen LogP contribution in [-0.2, 0) is 0 Å². The van der Waals surface area contributed by atoms with E-state index in [4.69, 9.17) is 0 Å². The summed E-state index contributed by atoms with van der Waals surface area (Å²) >= 11 is 0. The maximum Gasteiger partial charge on any atom is 0.163 e. The van der Waals surface area contributed by atoms with E-state index in [0.717, 1.165) is 30.6 Å². The van der Waals surface area contributed by atoms with Crippen molar-refractivity contribution in [3.05, 3.63) is 35.4 Å². The van der Waals surface area contributed by atoms with Gasteiger partial charge in [-0.05, 0) is 37.9 Å². The number of carbonyl (C=O) groups is 1. The molecule has 2 nitrogen and oxygen atoms in total. The van der Waals surface area contributed by atoms with E-state index in [1.54, 1.807) is 0 Å². The summed E-state index contributed by atoms with van der Waals surface area (Å²) < 4.78 is 0. The van der Waals surface area contributed by atoms with Crippen molar-refractivity contribution in [2.75, 3.05) is 13.1 Å². The molecule has 1 N–H and O–H groups in total. The molecule has 1 saturated heterocycles. The Labute approximate surface area is 90.7 Å². The first kappa shape index (κ1) is 10.4. The van der Waals surface area contributed by atoms with E-state index < -0.39 is 0 Å². The number of benzene rings is 1. The first-order valence-corrected chi connectivity index (χ1v) is 5.57. The van der Waals surface area contributed by atoms with Crippen LogP contribution < -0.4 is 5.32 Å². The fourth-order valence-corrected chi connectivity index (χ4v) is 2.15. The SMILES string of the molecule is Cc1ccccc1C(=O)CC1CCNC1. The molecule has 0 aliphatic carbocycles. The number of rotatable bonds is 3. The van der Waals surface area contributed by atoms with Crippen LogP contribution in [0.1, 0.15) is 28.8 Å². The molecule has 0 amide bonds. The van der Waals surface area contributed by atoms with Crippen LogP contribution in [-0.4, -0.2) is 18.9 Å². The Balaban J connectivity index is 2.04. The van der Waals surface area contributed by atoms with Crippen molar-refractivity contribution >= 4 is 5.78 Å². The molecule has 0 spiro atoms. The summed E-state index contributed by atoms with van der Waals surface area (Å²) in [7, 11) is 0. The van der Waals surface area contributed by atoms with Crippen molar-refractivity contribution < 1.29 is 4.79 Å². The highest BCUT2D eigenvalue weighted by atomic mass is 16.1. The molecule has 1 atom stereocenters. The molecule has 80 valence electrons. The fraction of sp³-hybridized carbons (Fsp3) is 0.462. The third-order valence-corrected chi connectivity index (χ3v) is 3.08. The van der Waals surface area contributed by atoms with Gasteiger partial charge >= 0.3 is 0 Å². The number of hydrogen-bond donors (Lipinski definition) is 1. The molecule has 15 heavy (non-hydrogen) atoms. The summed E-state index contributed by atoms with van der Waals surface area (Å²) in [6, 6.07) is 7.84. The van der Waals surface area contributed by atoms with Crippen LogP contribution in [0.2, 0.25) is 0 Å². The van der Waals surface area contributed by atoms with E-state index in [-0.39, 0.29) is 0 Å². The number of ketones is 1. The Morgan fingerprint density at radius 2 is 2.27 bits per heavy atom. The van der Waals surface area contributed by atoms with Gasteiger partial charge < -0.3 is 5.32 Å². The first-order chi connectivity index (χ1) is 7.27. The Bertz CT molecular complexity index is 353. The highest BCUT2D eigenvalue weighted by molar-refractivity contribution is 5.97. The van der Waals surface area contributed by atoms with Gasteiger partial charge in [-0.15, -0.1) is 0 Å². The van der Waals surface area contributed by atoms with Crippen molar-refractivity contribution in [1.29, 1.82) is 0 Å². The zero-order valence-electron chi connectivity index (χ0n) is 9.12. The minimum Gasteiger partial charge on any atom is -0.316 e. The lowest BCUT2D eigenvalue weighted by Gasteiger charge is -2.08. The average Bonchev–Trinajstić information content (AvgIpc) is 2.71. The van der Waals surface area contributed by atoms with E-state index in [2.05, 4.69) is 5.32 Å². The molecule has 0 radical (unpaired) electrons. The maximum atomic E-state index is 12.0. The van der Waals surface area contributed by atoms with Crippen LogP contribution in [0.5, 0.6) is 0 Å². The van der Waals surface area contributed by atoms with Crippen molar-refractivity contribution in [3.8, 4) is 0 Å². The minimum atomic E-state index is 0.293. The van der Waals surface area contributed by atoms with Gasteiger partial charge in [0.05, 0.1) is 0 Å². The lowest BCUT2D eigenvalue weighted by atomic mass is 9.95. The lowest BCUT2D eigenvalue weighted by molar-refractivity contribution is 0.0964. The van der Waals surface area contributed by atoms with Gasteiger partial charge in [0.1, 0.15) is 0 Å². The molecule has 1 aromatic rings.